The Bertz CT molecular complexity index is 415. The molecule has 0 saturated carbocycles. The van der Waals surface area contributed by atoms with Gasteiger partial charge in [-0.1, -0.05) is 0 Å². The molecule has 0 unspecified atom stereocenters. The molecule has 2 N–H and O–H groups in total. The Morgan fingerprint density at radius 2 is 1.68 bits per heavy atom. The van der Waals surface area contributed by atoms with E-state index < -0.39 is 0 Å². The maximum atomic E-state index is 13.4. The molecule has 104 valence electrons. The van der Waals surface area contributed by atoms with Gasteiger partial charge in [-0.15, -0.1) is 0 Å². The van der Waals surface area contributed by atoms with E-state index in [4.69, 9.17) is 5.73 Å². The number of piperidine rings is 1. The number of nitrogens with zero attached hydrogens (tertiary/aromatic N) is 2. The first-order valence-corrected chi connectivity index (χ1v) is 7.27. The quantitative estimate of drug-likeness (QED) is 0.832. The Hall–Kier alpha value is -1.29. The first kappa shape index (κ1) is 12.7. The van der Waals surface area contributed by atoms with Gasteiger partial charge in [-0.3, -0.25) is 0 Å². The number of hydrogen-bond donors (Lipinski definition) is 1. The van der Waals surface area contributed by atoms with Gasteiger partial charge in [-0.2, -0.15) is 0 Å². The topological polar surface area (TPSA) is 32.5 Å². The minimum Gasteiger partial charge on any atom is -0.399 e. The van der Waals surface area contributed by atoms with Gasteiger partial charge < -0.3 is 15.5 Å². The third-order valence-corrected chi connectivity index (χ3v) is 4.39. The zero-order valence-electron chi connectivity index (χ0n) is 11.3. The van der Waals surface area contributed by atoms with E-state index >= 15 is 0 Å². The summed E-state index contributed by atoms with van der Waals surface area (Å²) in [5.74, 6) is -0.239. The van der Waals surface area contributed by atoms with E-state index in [1.165, 1.54) is 44.8 Å². The molecule has 0 aromatic heterocycles. The third-order valence-electron chi connectivity index (χ3n) is 4.39. The Morgan fingerprint density at radius 3 is 2.32 bits per heavy atom. The van der Waals surface area contributed by atoms with Crippen molar-refractivity contribution in [3.63, 3.8) is 0 Å². The number of anilines is 2. The zero-order valence-corrected chi connectivity index (χ0v) is 11.3. The Kier molecular flexibility index (Phi) is 3.60. The van der Waals surface area contributed by atoms with E-state index in [-0.39, 0.29) is 5.82 Å². The van der Waals surface area contributed by atoms with Crippen LogP contribution in [0.5, 0.6) is 0 Å². The fourth-order valence-corrected chi connectivity index (χ4v) is 3.37. The van der Waals surface area contributed by atoms with Crippen molar-refractivity contribution in [3.05, 3.63) is 24.0 Å². The Morgan fingerprint density at radius 1 is 1.00 bits per heavy atom. The molecule has 0 spiro atoms. The molecule has 4 heteroatoms. The molecule has 0 atom stereocenters. The van der Waals surface area contributed by atoms with Crippen LogP contribution in [0.15, 0.2) is 18.2 Å². The molecule has 0 bridgehead atoms. The van der Waals surface area contributed by atoms with Gasteiger partial charge in [0.2, 0.25) is 0 Å². The summed E-state index contributed by atoms with van der Waals surface area (Å²) in [6, 6.07) is 5.57. The monoisotopic (exact) mass is 263 g/mol. The normalized spacial score (nSPS) is 22.1. The van der Waals surface area contributed by atoms with Crippen molar-refractivity contribution in [2.45, 2.75) is 31.7 Å². The minimum absolute atomic E-state index is 0.239. The summed E-state index contributed by atoms with van der Waals surface area (Å²) in [5, 5.41) is 0. The summed E-state index contributed by atoms with van der Waals surface area (Å²) in [5.41, 5.74) is 7.16. The van der Waals surface area contributed by atoms with Crippen LogP contribution in [0, 0.1) is 5.82 Å². The second-order valence-electron chi connectivity index (χ2n) is 5.70. The minimum atomic E-state index is -0.239. The molecular weight excluding hydrogens is 241 g/mol. The number of likely N-dealkylation sites (tertiary alicyclic amines) is 1. The van der Waals surface area contributed by atoms with Crippen LogP contribution in [0.2, 0.25) is 0 Å². The van der Waals surface area contributed by atoms with Crippen LogP contribution < -0.4 is 10.6 Å². The number of rotatable bonds is 2. The van der Waals surface area contributed by atoms with Gasteiger partial charge in [0.15, 0.2) is 0 Å². The van der Waals surface area contributed by atoms with Gasteiger partial charge in [0.25, 0.3) is 0 Å². The van der Waals surface area contributed by atoms with Crippen molar-refractivity contribution in [1.29, 1.82) is 0 Å². The van der Waals surface area contributed by atoms with Crippen LogP contribution in [-0.4, -0.2) is 37.1 Å². The Labute approximate surface area is 114 Å². The lowest BCUT2D eigenvalue weighted by Crippen LogP contribution is -2.43. The molecule has 2 aliphatic heterocycles. The predicted octanol–water partition coefficient (Wildman–Crippen LogP) is 2.47. The van der Waals surface area contributed by atoms with Crippen LogP contribution >= 0.6 is 0 Å². The molecule has 1 aromatic carbocycles. The first-order valence-electron chi connectivity index (χ1n) is 7.27. The Balaban J connectivity index is 1.63. The van der Waals surface area contributed by atoms with E-state index in [9.17, 15) is 4.39 Å². The summed E-state index contributed by atoms with van der Waals surface area (Å²) in [6.07, 6.45) is 5.05. The molecule has 3 rings (SSSR count). The summed E-state index contributed by atoms with van der Waals surface area (Å²) in [6.45, 7) is 4.53. The smallest absolute Gasteiger partial charge is 0.127 e. The van der Waals surface area contributed by atoms with E-state index in [0.29, 0.717) is 5.69 Å². The lowest BCUT2D eigenvalue weighted by molar-refractivity contribution is 0.208. The molecule has 0 amide bonds. The fraction of sp³-hybridized carbons (Fsp3) is 0.600. The summed E-state index contributed by atoms with van der Waals surface area (Å²) >= 11 is 0. The van der Waals surface area contributed by atoms with E-state index in [1.54, 1.807) is 6.07 Å². The van der Waals surface area contributed by atoms with Gasteiger partial charge in [-0.05, 0) is 57.0 Å². The largest absolute Gasteiger partial charge is 0.399 e. The van der Waals surface area contributed by atoms with Crippen LogP contribution in [0.1, 0.15) is 25.7 Å². The van der Waals surface area contributed by atoms with Crippen molar-refractivity contribution >= 4 is 11.4 Å². The second kappa shape index (κ2) is 5.37. The van der Waals surface area contributed by atoms with Crippen molar-refractivity contribution in [1.82, 2.24) is 4.90 Å². The summed E-state index contributed by atoms with van der Waals surface area (Å²) in [4.78, 5) is 4.88. The van der Waals surface area contributed by atoms with Crippen LogP contribution in [0.3, 0.4) is 0 Å². The number of nitrogens with two attached hydrogens (primary N) is 1. The van der Waals surface area contributed by atoms with Crippen LogP contribution in [0.25, 0.3) is 0 Å². The summed E-state index contributed by atoms with van der Waals surface area (Å²) < 4.78 is 13.4. The van der Waals surface area contributed by atoms with Crippen molar-refractivity contribution < 1.29 is 4.39 Å². The second-order valence-corrected chi connectivity index (χ2v) is 5.70. The predicted molar refractivity (Wildman–Crippen MR) is 76.9 cm³/mol. The maximum Gasteiger partial charge on any atom is 0.127 e. The molecule has 0 aliphatic carbocycles. The molecule has 2 saturated heterocycles. The number of nitrogen functional groups attached to an aromatic ring is 1. The zero-order chi connectivity index (χ0) is 13.2. The molecular formula is C15H22FN3. The molecule has 2 heterocycles. The van der Waals surface area contributed by atoms with E-state index in [1.807, 2.05) is 6.07 Å². The average molecular weight is 263 g/mol. The van der Waals surface area contributed by atoms with E-state index in [2.05, 4.69) is 9.80 Å². The molecule has 3 nitrogen and oxygen atoms in total. The summed E-state index contributed by atoms with van der Waals surface area (Å²) in [7, 11) is 0. The van der Waals surface area contributed by atoms with Crippen molar-refractivity contribution in [3.8, 4) is 0 Å². The number of halogens is 1. The third kappa shape index (κ3) is 2.84. The average Bonchev–Trinajstić information content (AvgIpc) is 2.91. The fourth-order valence-electron chi connectivity index (χ4n) is 3.37. The van der Waals surface area contributed by atoms with Gasteiger partial charge in [0.1, 0.15) is 5.82 Å². The molecule has 0 radical (unpaired) electrons. The lowest BCUT2D eigenvalue weighted by Gasteiger charge is -2.37. The highest BCUT2D eigenvalue weighted by molar-refractivity contribution is 5.56. The van der Waals surface area contributed by atoms with Crippen molar-refractivity contribution in [2.24, 2.45) is 0 Å². The van der Waals surface area contributed by atoms with Crippen LogP contribution in [0.4, 0.5) is 15.8 Å². The molecule has 2 aliphatic rings. The van der Waals surface area contributed by atoms with E-state index in [0.717, 1.165) is 24.8 Å². The van der Waals surface area contributed by atoms with Gasteiger partial charge in [-0.25, -0.2) is 4.39 Å². The highest BCUT2D eigenvalue weighted by Crippen LogP contribution is 2.26. The maximum absolute atomic E-state index is 13.4. The number of hydrogen-bond acceptors (Lipinski definition) is 3. The van der Waals surface area contributed by atoms with Gasteiger partial charge >= 0.3 is 0 Å². The molecule has 19 heavy (non-hydrogen) atoms. The SMILES string of the molecule is Nc1cc(F)cc(N2CCC(N3CCCC3)CC2)c1. The lowest BCUT2D eigenvalue weighted by atomic mass is 10.0. The molecule has 2 fully saturated rings. The highest BCUT2D eigenvalue weighted by atomic mass is 19.1. The van der Waals surface area contributed by atoms with Crippen molar-refractivity contribution in [2.75, 3.05) is 36.8 Å². The standard InChI is InChI=1S/C15H22FN3/c16-12-9-13(17)11-15(10-12)19-7-3-14(4-8-19)18-5-1-2-6-18/h9-11,14H,1-8,17H2. The molecule has 1 aromatic rings. The number of benzene rings is 1. The van der Waals surface area contributed by atoms with Gasteiger partial charge in [0.05, 0.1) is 0 Å². The highest BCUT2D eigenvalue weighted by Gasteiger charge is 2.26. The van der Waals surface area contributed by atoms with Crippen LogP contribution in [-0.2, 0) is 0 Å². The van der Waals surface area contributed by atoms with Gasteiger partial charge in [0, 0.05) is 30.5 Å². The first-order chi connectivity index (χ1) is 9.22.